The molecule has 48 heavy (non-hydrogen) atoms. The van der Waals surface area contributed by atoms with E-state index in [9.17, 15) is 14.7 Å². The molecule has 3 N–H and O–H groups in total. The van der Waals surface area contributed by atoms with E-state index >= 15 is 0 Å². The Balaban J connectivity index is 1.17. The molecule has 0 unspecified atom stereocenters. The Morgan fingerprint density at radius 2 is 1.58 bits per heavy atom. The number of hydrogen-bond donors (Lipinski definition) is 3. The second kappa shape index (κ2) is 14.8. The van der Waals surface area contributed by atoms with Crippen molar-refractivity contribution in [2.24, 2.45) is 5.92 Å². The first-order chi connectivity index (χ1) is 23.2. The van der Waals surface area contributed by atoms with Gasteiger partial charge in [-0.1, -0.05) is 61.5 Å². The molecule has 0 aromatic heterocycles. The Morgan fingerprint density at radius 3 is 2.31 bits per heavy atom. The van der Waals surface area contributed by atoms with Crippen molar-refractivity contribution in [2.45, 2.75) is 39.0 Å². The third kappa shape index (κ3) is 7.90. The number of amides is 3. The highest BCUT2D eigenvalue weighted by atomic mass is 16.7. The molecule has 3 amide bonds. The average molecular weight is 651 g/mol. The second-order valence-corrected chi connectivity index (χ2v) is 12.6. The minimum absolute atomic E-state index is 0.0258. The van der Waals surface area contributed by atoms with Crippen molar-refractivity contribution < 1.29 is 28.9 Å². The van der Waals surface area contributed by atoms with E-state index in [0.29, 0.717) is 47.3 Å². The predicted molar refractivity (Wildman–Crippen MR) is 185 cm³/mol. The molecule has 2 aliphatic rings. The van der Waals surface area contributed by atoms with Crippen LogP contribution in [-0.4, -0.2) is 72.5 Å². The molecule has 0 radical (unpaired) electrons. The fourth-order valence-corrected chi connectivity index (χ4v) is 6.11. The number of hydrogen-bond acceptors (Lipinski definition) is 7. The Labute approximate surface area is 281 Å². The van der Waals surface area contributed by atoms with Gasteiger partial charge in [-0.3, -0.25) is 9.69 Å². The molecule has 4 aromatic rings. The summed E-state index contributed by atoms with van der Waals surface area (Å²) < 4.78 is 17.4. The van der Waals surface area contributed by atoms with E-state index < -0.39 is 6.03 Å². The molecule has 2 aliphatic heterocycles. The lowest BCUT2D eigenvalue weighted by molar-refractivity contribution is -0.134. The zero-order chi connectivity index (χ0) is 33.6. The third-order valence-corrected chi connectivity index (χ3v) is 8.81. The summed E-state index contributed by atoms with van der Waals surface area (Å²) in [5, 5.41) is 15.7. The van der Waals surface area contributed by atoms with Gasteiger partial charge in [-0.05, 0) is 61.0 Å². The van der Waals surface area contributed by atoms with E-state index in [1.165, 1.54) is 16.7 Å². The number of benzene rings is 4. The monoisotopic (exact) mass is 650 g/mol. The number of rotatable bonds is 9. The number of anilines is 2. The highest BCUT2D eigenvalue weighted by Gasteiger charge is 2.31. The van der Waals surface area contributed by atoms with Crippen molar-refractivity contribution in [1.82, 2.24) is 9.80 Å². The van der Waals surface area contributed by atoms with Crippen LogP contribution in [0, 0.1) is 5.92 Å². The van der Waals surface area contributed by atoms with Gasteiger partial charge in [-0.15, -0.1) is 0 Å². The topological polar surface area (TPSA) is 113 Å². The fraction of sp³-hybridized carbons (Fsp3) is 0.316. The first kappa shape index (κ1) is 32.9. The van der Waals surface area contributed by atoms with Crippen LogP contribution in [0.2, 0.25) is 0 Å². The number of aliphatic hydroxyl groups is 1. The molecule has 6 rings (SSSR count). The maximum atomic E-state index is 13.6. The van der Waals surface area contributed by atoms with E-state index in [1.807, 2.05) is 31.2 Å². The van der Waals surface area contributed by atoms with Crippen LogP contribution in [0.5, 0.6) is 17.2 Å². The quantitative estimate of drug-likeness (QED) is 0.204. The molecule has 0 bridgehead atoms. The molecule has 0 saturated carbocycles. The summed E-state index contributed by atoms with van der Waals surface area (Å²) in [6.07, 6.45) is -0.174. The van der Waals surface area contributed by atoms with Crippen LogP contribution >= 0.6 is 0 Å². The van der Waals surface area contributed by atoms with Gasteiger partial charge in [0.25, 0.3) is 0 Å². The standard InChI is InChI=1S/C38H42N4O6/c1-25-20-42(26(2)23-43)37(44)18-30-17-31(39-38(45)40-32-14-16-34-35(19-32)47-24-46-34)13-15-33(30)48-36(25)22-41(3)21-27-9-11-29(12-10-27)28-7-5-4-6-8-28/h4-17,19,25-26,36,43H,18,20-24H2,1-3H3,(H2,39,40,45)/t25-,26-,36+/m0/s1. The third-order valence-electron chi connectivity index (χ3n) is 8.81. The molecular formula is C38H42N4O6. The van der Waals surface area contributed by atoms with Crippen LogP contribution in [0.4, 0.5) is 16.2 Å². The largest absolute Gasteiger partial charge is 0.488 e. The van der Waals surface area contributed by atoms with Gasteiger partial charge >= 0.3 is 6.03 Å². The molecule has 0 aliphatic carbocycles. The zero-order valence-corrected chi connectivity index (χ0v) is 27.5. The molecule has 3 atom stereocenters. The van der Waals surface area contributed by atoms with Crippen LogP contribution in [0.25, 0.3) is 11.1 Å². The van der Waals surface area contributed by atoms with Gasteiger partial charge in [-0.2, -0.15) is 0 Å². The Bertz CT molecular complexity index is 1730. The normalized spacial score (nSPS) is 17.9. The van der Waals surface area contributed by atoms with Crippen molar-refractivity contribution in [3.63, 3.8) is 0 Å². The maximum absolute atomic E-state index is 13.6. The molecule has 0 saturated heterocycles. The number of nitrogens with zero attached hydrogens (tertiary/aromatic N) is 2. The van der Waals surface area contributed by atoms with Crippen molar-refractivity contribution in [3.8, 4) is 28.4 Å². The van der Waals surface area contributed by atoms with Gasteiger partial charge in [-0.25, -0.2) is 4.79 Å². The van der Waals surface area contributed by atoms with Crippen molar-refractivity contribution in [2.75, 3.05) is 44.2 Å². The smallest absolute Gasteiger partial charge is 0.323 e. The fourth-order valence-electron chi connectivity index (χ4n) is 6.11. The Morgan fingerprint density at radius 1 is 0.917 bits per heavy atom. The number of carbonyl (C=O) groups is 2. The number of aliphatic hydroxyl groups excluding tert-OH is 1. The number of ether oxygens (including phenoxy) is 3. The number of carbonyl (C=O) groups excluding carboxylic acids is 2. The highest BCUT2D eigenvalue weighted by molar-refractivity contribution is 6.00. The van der Waals surface area contributed by atoms with Gasteiger partial charge < -0.3 is 34.9 Å². The van der Waals surface area contributed by atoms with Crippen molar-refractivity contribution >= 4 is 23.3 Å². The predicted octanol–water partition coefficient (Wildman–Crippen LogP) is 6.01. The van der Waals surface area contributed by atoms with Gasteiger partial charge in [0.05, 0.1) is 19.1 Å². The lowest BCUT2D eigenvalue weighted by atomic mass is 10.0. The summed E-state index contributed by atoms with van der Waals surface area (Å²) in [6.45, 7) is 5.73. The van der Waals surface area contributed by atoms with Gasteiger partial charge in [0, 0.05) is 48.6 Å². The summed E-state index contributed by atoms with van der Waals surface area (Å²) in [7, 11) is 2.07. The van der Waals surface area contributed by atoms with E-state index in [2.05, 4.69) is 65.9 Å². The van der Waals surface area contributed by atoms with Gasteiger partial charge in [0.15, 0.2) is 11.5 Å². The molecule has 10 heteroatoms. The van der Waals surface area contributed by atoms with Gasteiger partial charge in [0.1, 0.15) is 11.9 Å². The Kier molecular flexibility index (Phi) is 10.1. The molecule has 0 spiro atoms. The molecule has 4 aromatic carbocycles. The average Bonchev–Trinajstić information content (AvgIpc) is 3.57. The van der Waals surface area contributed by atoms with E-state index in [4.69, 9.17) is 14.2 Å². The number of urea groups is 1. The molecular weight excluding hydrogens is 608 g/mol. The van der Waals surface area contributed by atoms with Crippen LogP contribution in [0.1, 0.15) is 25.0 Å². The summed E-state index contributed by atoms with van der Waals surface area (Å²) in [5.41, 5.74) is 5.28. The van der Waals surface area contributed by atoms with Gasteiger partial charge in [0.2, 0.25) is 12.7 Å². The minimum Gasteiger partial charge on any atom is -0.488 e. The first-order valence-electron chi connectivity index (χ1n) is 16.3. The van der Waals surface area contributed by atoms with Crippen LogP contribution in [0.15, 0.2) is 91.0 Å². The van der Waals surface area contributed by atoms with Crippen LogP contribution < -0.4 is 24.8 Å². The number of fused-ring (bicyclic) bond motifs is 2. The Hall–Kier alpha value is -5.06. The van der Waals surface area contributed by atoms with Crippen molar-refractivity contribution in [1.29, 1.82) is 0 Å². The number of likely N-dealkylation sites (N-methyl/N-ethyl adjacent to an activating group) is 1. The summed E-state index contributed by atoms with van der Waals surface area (Å²) in [6, 6.07) is 28.7. The molecule has 2 heterocycles. The lowest BCUT2D eigenvalue weighted by Crippen LogP contribution is -2.47. The molecule has 10 nitrogen and oxygen atoms in total. The van der Waals surface area contributed by atoms with Crippen molar-refractivity contribution in [3.05, 3.63) is 102 Å². The lowest BCUT2D eigenvalue weighted by Gasteiger charge is -2.34. The zero-order valence-electron chi connectivity index (χ0n) is 27.5. The van der Waals surface area contributed by atoms with Crippen LogP contribution in [-0.2, 0) is 17.8 Å². The van der Waals surface area contributed by atoms with E-state index in [0.717, 1.165) is 6.54 Å². The first-order valence-corrected chi connectivity index (χ1v) is 16.3. The minimum atomic E-state index is -0.440. The van der Waals surface area contributed by atoms with E-state index in [1.54, 1.807) is 35.2 Å². The second-order valence-electron chi connectivity index (χ2n) is 12.6. The maximum Gasteiger partial charge on any atom is 0.323 e. The summed E-state index contributed by atoms with van der Waals surface area (Å²) >= 11 is 0. The van der Waals surface area contributed by atoms with E-state index in [-0.39, 0.29) is 43.8 Å². The number of nitrogens with one attached hydrogen (secondary N) is 2. The summed E-state index contributed by atoms with van der Waals surface area (Å²) in [4.78, 5) is 30.5. The highest BCUT2D eigenvalue weighted by Crippen LogP contribution is 2.34. The molecule has 250 valence electrons. The SMILES string of the molecule is C[C@H]1CN([C@@H](C)CO)C(=O)Cc2cc(NC(=O)Nc3ccc4c(c3)OCO4)ccc2O[C@@H]1CN(C)Cc1ccc(-c2ccccc2)cc1. The molecule has 0 fully saturated rings. The summed E-state index contributed by atoms with van der Waals surface area (Å²) in [5.74, 6) is 1.66. The van der Waals surface area contributed by atoms with Crippen LogP contribution in [0.3, 0.4) is 0 Å².